The molecule has 25 heavy (non-hydrogen) atoms. The number of benzene rings is 1. The maximum Gasteiger partial charge on any atom is 0.222 e. The Kier molecular flexibility index (Phi) is 8.04. The van der Waals surface area contributed by atoms with Gasteiger partial charge in [-0.1, -0.05) is 12.1 Å². The molecule has 0 spiro atoms. The predicted molar refractivity (Wildman–Crippen MR) is 103 cm³/mol. The Hall–Kier alpha value is -1.26. The highest BCUT2D eigenvalue weighted by molar-refractivity contribution is 5.85. The fourth-order valence-electron chi connectivity index (χ4n) is 3.26. The van der Waals surface area contributed by atoms with Crippen LogP contribution in [0.3, 0.4) is 0 Å². The molecule has 0 atom stereocenters. The summed E-state index contributed by atoms with van der Waals surface area (Å²) in [6, 6.07) is 8.66. The minimum absolute atomic E-state index is 0. The first kappa shape index (κ1) is 20.1. The van der Waals surface area contributed by atoms with E-state index in [9.17, 15) is 4.79 Å². The number of nitrogens with zero attached hydrogens (tertiary/aromatic N) is 1. The summed E-state index contributed by atoms with van der Waals surface area (Å²) in [6.45, 7) is 5.64. The number of hydrogen-bond donors (Lipinski definition) is 1. The zero-order chi connectivity index (χ0) is 16.8. The normalized spacial score (nSPS) is 17.9. The molecule has 1 heterocycles. The van der Waals surface area contributed by atoms with Gasteiger partial charge >= 0.3 is 0 Å². The van der Waals surface area contributed by atoms with E-state index in [-0.39, 0.29) is 18.3 Å². The number of hydrogen-bond acceptors (Lipinski definition) is 3. The van der Waals surface area contributed by atoms with Crippen LogP contribution in [0.15, 0.2) is 24.3 Å². The molecule has 1 aliphatic carbocycles. The standard InChI is InChI=1S/C20H30N2O2.ClH/c1-16-4-2-5-19(14-16)24-13-3-6-20(23)22-11-9-18(10-12-22)21-15-17-7-8-17;/h2,4-5,14,17-18,21H,3,6-13,15H2,1H3;1H. The van der Waals surface area contributed by atoms with E-state index >= 15 is 0 Å². The molecule has 2 aliphatic rings. The summed E-state index contributed by atoms with van der Waals surface area (Å²) < 4.78 is 5.72. The van der Waals surface area contributed by atoms with Gasteiger partial charge in [-0.2, -0.15) is 0 Å². The molecule has 1 amide bonds. The molecule has 5 heteroatoms. The fraction of sp³-hybridized carbons (Fsp3) is 0.650. The molecular weight excluding hydrogens is 336 g/mol. The molecule has 1 saturated heterocycles. The van der Waals surface area contributed by atoms with Crippen molar-refractivity contribution in [2.45, 2.75) is 51.5 Å². The van der Waals surface area contributed by atoms with Crippen LogP contribution < -0.4 is 10.1 Å². The van der Waals surface area contributed by atoms with Crippen molar-refractivity contribution in [3.8, 4) is 5.75 Å². The van der Waals surface area contributed by atoms with Crippen molar-refractivity contribution >= 4 is 18.3 Å². The van der Waals surface area contributed by atoms with Crippen LogP contribution in [-0.2, 0) is 4.79 Å². The third kappa shape index (κ3) is 6.87. The fourth-order valence-corrected chi connectivity index (χ4v) is 3.26. The van der Waals surface area contributed by atoms with Crippen molar-refractivity contribution in [3.63, 3.8) is 0 Å². The third-order valence-electron chi connectivity index (χ3n) is 5.03. The maximum atomic E-state index is 12.3. The smallest absolute Gasteiger partial charge is 0.222 e. The maximum absolute atomic E-state index is 12.3. The molecule has 140 valence electrons. The average Bonchev–Trinajstić information content (AvgIpc) is 3.42. The quantitative estimate of drug-likeness (QED) is 0.715. The monoisotopic (exact) mass is 366 g/mol. The van der Waals surface area contributed by atoms with Gasteiger partial charge in [-0.15, -0.1) is 12.4 Å². The Labute approximate surface area is 157 Å². The number of ether oxygens (including phenoxy) is 1. The van der Waals surface area contributed by atoms with Crippen molar-refractivity contribution < 1.29 is 9.53 Å². The number of carbonyl (C=O) groups is 1. The second-order valence-electron chi connectivity index (χ2n) is 7.28. The summed E-state index contributed by atoms with van der Waals surface area (Å²) in [6.07, 6.45) is 6.36. The van der Waals surface area contributed by atoms with Crippen LogP contribution >= 0.6 is 12.4 Å². The zero-order valence-electron chi connectivity index (χ0n) is 15.2. The number of nitrogens with one attached hydrogen (secondary N) is 1. The number of halogens is 1. The molecule has 1 aromatic carbocycles. The average molecular weight is 367 g/mol. The number of amides is 1. The summed E-state index contributed by atoms with van der Waals surface area (Å²) in [5.74, 6) is 2.10. The molecule has 1 N–H and O–H groups in total. The lowest BCUT2D eigenvalue weighted by molar-refractivity contribution is -0.132. The van der Waals surface area contributed by atoms with Gasteiger partial charge in [0.2, 0.25) is 5.91 Å². The summed E-state index contributed by atoms with van der Waals surface area (Å²) in [5, 5.41) is 3.66. The highest BCUT2D eigenvalue weighted by Crippen LogP contribution is 2.28. The number of rotatable bonds is 8. The number of likely N-dealkylation sites (tertiary alicyclic amines) is 1. The summed E-state index contributed by atoms with van der Waals surface area (Å²) in [4.78, 5) is 14.3. The van der Waals surface area contributed by atoms with E-state index in [0.717, 1.165) is 44.0 Å². The van der Waals surface area contributed by atoms with Gasteiger partial charge < -0.3 is 15.0 Å². The van der Waals surface area contributed by atoms with E-state index < -0.39 is 0 Å². The van der Waals surface area contributed by atoms with Crippen molar-refractivity contribution in [1.82, 2.24) is 10.2 Å². The highest BCUT2D eigenvalue weighted by atomic mass is 35.5. The first-order valence-electron chi connectivity index (χ1n) is 9.41. The SMILES string of the molecule is Cc1cccc(OCCCC(=O)N2CCC(NCC3CC3)CC2)c1.Cl. The first-order chi connectivity index (χ1) is 11.7. The van der Waals surface area contributed by atoms with Crippen LogP contribution in [0.4, 0.5) is 0 Å². The lowest BCUT2D eigenvalue weighted by Crippen LogP contribution is -2.45. The van der Waals surface area contributed by atoms with Gasteiger partial charge in [0, 0.05) is 25.6 Å². The van der Waals surface area contributed by atoms with E-state index in [1.165, 1.54) is 24.9 Å². The van der Waals surface area contributed by atoms with Crippen LogP contribution in [0.2, 0.25) is 0 Å². The van der Waals surface area contributed by atoms with E-state index in [2.05, 4.69) is 18.3 Å². The largest absolute Gasteiger partial charge is 0.494 e. The van der Waals surface area contributed by atoms with Crippen molar-refractivity contribution in [2.24, 2.45) is 5.92 Å². The minimum Gasteiger partial charge on any atom is -0.494 e. The number of aryl methyl sites for hydroxylation is 1. The Balaban J connectivity index is 0.00000225. The molecule has 3 rings (SSSR count). The molecule has 2 fully saturated rings. The minimum atomic E-state index is 0. The van der Waals surface area contributed by atoms with Crippen LogP contribution in [0.5, 0.6) is 5.75 Å². The second kappa shape index (κ2) is 10.0. The Morgan fingerprint density at radius 3 is 2.68 bits per heavy atom. The highest BCUT2D eigenvalue weighted by Gasteiger charge is 2.25. The molecule has 0 unspecified atom stereocenters. The predicted octanol–water partition coefficient (Wildman–Crippen LogP) is 3.57. The van der Waals surface area contributed by atoms with Gasteiger partial charge in [0.1, 0.15) is 5.75 Å². The van der Waals surface area contributed by atoms with Crippen molar-refractivity contribution in [2.75, 3.05) is 26.2 Å². The lowest BCUT2D eigenvalue weighted by atomic mass is 10.0. The van der Waals surface area contributed by atoms with Crippen molar-refractivity contribution in [3.05, 3.63) is 29.8 Å². The van der Waals surface area contributed by atoms with Gasteiger partial charge in [-0.05, 0) is 69.2 Å². The Morgan fingerprint density at radius 2 is 2.00 bits per heavy atom. The summed E-state index contributed by atoms with van der Waals surface area (Å²) in [7, 11) is 0. The van der Waals surface area contributed by atoms with E-state index in [0.29, 0.717) is 19.1 Å². The van der Waals surface area contributed by atoms with Gasteiger partial charge in [-0.25, -0.2) is 0 Å². The molecular formula is C20H31ClN2O2. The first-order valence-corrected chi connectivity index (χ1v) is 9.41. The van der Waals surface area contributed by atoms with E-state index in [1.807, 2.05) is 23.1 Å². The molecule has 0 radical (unpaired) electrons. The van der Waals surface area contributed by atoms with Gasteiger partial charge in [-0.3, -0.25) is 4.79 Å². The van der Waals surface area contributed by atoms with Crippen molar-refractivity contribution in [1.29, 1.82) is 0 Å². The zero-order valence-corrected chi connectivity index (χ0v) is 16.0. The molecule has 1 saturated carbocycles. The molecule has 4 nitrogen and oxygen atoms in total. The second-order valence-corrected chi connectivity index (χ2v) is 7.28. The number of carbonyl (C=O) groups excluding carboxylic acids is 1. The van der Waals surface area contributed by atoms with Crippen LogP contribution in [0.25, 0.3) is 0 Å². The van der Waals surface area contributed by atoms with Gasteiger partial charge in [0.15, 0.2) is 0 Å². The molecule has 0 aromatic heterocycles. The van der Waals surface area contributed by atoms with Crippen LogP contribution in [-0.4, -0.2) is 43.1 Å². The van der Waals surface area contributed by atoms with E-state index in [4.69, 9.17) is 4.74 Å². The topological polar surface area (TPSA) is 41.6 Å². The van der Waals surface area contributed by atoms with Crippen LogP contribution in [0.1, 0.15) is 44.1 Å². The van der Waals surface area contributed by atoms with Gasteiger partial charge in [0.05, 0.1) is 6.61 Å². The molecule has 1 aromatic rings. The molecule has 1 aliphatic heterocycles. The van der Waals surface area contributed by atoms with Crippen LogP contribution in [0, 0.1) is 12.8 Å². The third-order valence-corrected chi connectivity index (χ3v) is 5.03. The van der Waals surface area contributed by atoms with Gasteiger partial charge in [0.25, 0.3) is 0 Å². The molecule has 0 bridgehead atoms. The number of piperidine rings is 1. The Bertz CT molecular complexity index is 540. The lowest BCUT2D eigenvalue weighted by Gasteiger charge is -2.32. The van der Waals surface area contributed by atoms with E-state index in [1.54, 1.807) is 0 Å². The summed E-state index contributed by atoms with van der Waals surface area (Å²) in [5.41, 5.74) is 1.20. The summed E-state index contributed by atoms with van der Waals surface area (Å²) >= 11 is 0. The Morgan fingerprint density at radius 1 is 1.24 bits per heavy atom.